The Labute approximate surface area is 154 Å². The number of thiophene rings is 1. The monoisotopic (exact) mass is 367 g/mol. The number of carbonyl (C=O) groups is 1. The van der Waals surface area contributed by atoms with Crippen molar-refractivity contribution in [3.8, 4) is 11.8 Å². The van der Waals surface area contributed by atoms with Crippen LogP contribution < -0.4 is 10.5 Å². The van der Waals surface area contributed by atoms with Crippen molar-refractivity contribution in [1.82, 2.24) is 4.98 Å². The smallest absolute Gasteiger partial charge is 0.350 e. The second-order valence-electron chi connectivity index (χ2n) is 5.73. The molecule has 1 aromatic carbocycles. The van der Waals surface area contributed by atoms with Gasteiger partial charge in [-0.3, -0.25) is 0 Å². The van der Waals surface area contributed by atoms with E-state index in [1.165, 1.54) is 11.3 Å². The molecule has 26 heavy (non-hydrogen) atoms. The van der Waals surface area contributed by atoms with Gasteiger partial charge in [-0.25, -0.2) is 9.78 Å². The lowest BCUT2D eigenvalue weighted by molar-refractivity contribution is 0.0457. The predicted molar refractivity (Wildman–Crippen MR) is 100 cm³/mol. The minimum atomic E-state index is -0.481. The van der Waals surface area contributed by atoms with Crippen molar-refractivity contribution in [1.29, 1.82) is 5.26 Å². The fourth-order valence-electron chi connectivity index (χ4n) is 2.61. The number of esters is 1. The summed E-state index contributed by atoms with van der Waals surface area (Å²) in [7, 11) is 0. The van der Waals surface area contributed by atoms with E-state index in [4.69, 9.17) is 20.5 Å². The third-order valence-electron chi connectivity index (χ3n) is 3.78. The molecule has 0 saturated heterocycles. The summed E-state index contributed by atoms with van der Waals surface area (Å²) in [5.74, 6) is 0.128. The lowest BCUT2D eigenvalue weighted by Crippen LogP contribution is -2.12. The number of aryl methyl sites for hydroxylation is 2. The highest BCUT2D eigenvalue weighted by Gasteiger charge is 2.20. The molecule has 0 saturated carbocycles. The van der Waals surface area contributed by atoms with E-state index < -0.39 is 5.97 Å². The maximum atomic E-state index is 12.3. The van der Waals surface area contributed by atoms with Gasteiger partial charge in [0.15, 0.2) is 0 Å². The summed E-state index contributed by atoms with van der Waals surface area (Å²) >= 11 is 1.24. The first-order chi connectivity index (χ1) is 12.5. The van der Waals surface area contributed by atoms with Gasteiger partial charge in [-0.1, -0.05) is 0 Å². The third kappa shape index (κ3) is 3.60. The Hall–Kier alpha value is -3.11. The molecule has 0 aliphatic heterocycles. The predicted octanol–water partition coefficient (Wildman–Crippen LogP) is 3.60. The average molecular weight is 367 g/mol. The van der Waals surface area contributed by atoms with Gasteiger partial charge >= 0.3 is 5.97 Å². The second kappa shape index (κ2) is 7.42. The van der Waals surface area contributed by atoms with E-state index in [1.807, 2.05) is 26.0 Å². The highest BCUT2D eigenvalue weighted by Crippen LogP contribution is 2.35. The van der Waals surface area contributed by atoms with Gasteiger partial charge in [-0.15, -0.1) is 11.3 Å². The number of hydrogen-bond donors (Lipinski definition) is 1. The number of nitrogens with two attached hydrogens (primary N) is 1. The first-order valence-electron chi connectivity index (χ1n) is 7.96. The van der Waals surface area contributed by atoms with Crippen molar-refractivity contribution >= 4 is 33.2 Å². The summed E-state index contributed by atoms with van der Waals surface area (Å²) in [6, 6.07) is 10.7. The Morgan fingerprint density at radius 1 is 1.27 bits per heavy atom. The van der Waals surface area contributed by atoms with Crippen LogP contribution in [-0.4, -0.2) is 24.2 Å². The van der Waals surface area contributed by atoms with Gasteiger partial charge < -0.3 is 15.2 Å². The largest absolute Gasteiger partial charge is 0.490 e. The van der Waals surface area contributed by atoms with Crippen LogP contribution in [0.15, 0.2) is 30.3 Å². The third-order valence-corrected chi connectivity index (χ3v) is 4.86. The van der Waals surface area contributed by atoms with Gasteiger partial charge in [0, 0.05) is 11.1 Å². The molecule has 0 amide bonds. The van der Waals surface area contributed by atoms with Gasteiger partial charge in [-0.05, 0) is 49.7 Å². The van der Waals surface area contributed by atoms with E-state index >= 15 is 0 Å². The van der Waals surface area contributed by atoms with Crippen molar-refractivity contribution in [3.63, 3.8) is 0 Å². The van der Waals surface area contributed by atoms with Crippen molar-refractivity contribution in [2.45, 2.75) is 13.8 Å². The summed E-state index contributed by atoms with van der Waals surface area (Å²) in [5.41, 5.74) is 8.97. The fourth-order valence-corrected chi connectivity index (χ4v) is 3.72. The number of ether oxygens (including phenoxy) is 2. The topological polar surface area (TPSA) is 98.2 Å². The van der Waals surface area contributed by atoms with Gasteiger partial charge in [0.25, 0.3) is 0 Å². The molecule has 0 atom stereocenters. The first kappa shape index (κ1) is 17.7. The SMILES string of the molecule is Cc1cc(C)c2c(N)c(C(=O)OCCOc3ccc(C#N)cc3)sc2n1. The second-order valence-corrected chi connectivity index (χ2v) is 6.73. The molecular weight excluding hydrogens is 350 g/mol. The molecule has 0 radical (unpaired) electrons. The molecule has 0 aliphatic carbocycles. The molecule has 0 fully saturated rings. The molecule has 2 N–H and O–H groups in total. The molecule has 7 heteroatoms. The van der Waals surface area contributed by atoms with Gasteiger partial charge in [0.1, 0.15) is 28.7 Å². The molecule has 0 unspecified atom stereocenters. The zero-order chi connectivity index (χ0) is 18.7. The van der Waals surface area contributed by atoms with E-state index in [0.717, 1.165) is 21.5 Å². The summed E-state index contributed by atoms with van der Waals surface area (Å²) in [6.45, 7) is 4.15. The van der Waals surface area contributed by atoms with Crippen molar-refractivity contribution < 1.29 is 14.3 Å². The summed E-state index contributed by atoms with van der Waals surface area (Å²) < 4.78 is 10.8. The van der Waals surface area contributed by atoms with Crippen LogP contribution in [0.2, 0.25) is 0 Å². The highest BCUT2D eigenvalue weighted by molar-refractivity contribution is 7.21. The number of nitrogens with zero attached hydrogens (tertiary/aromatic N) is 2. The number of aromatic nitrogens is 1. The number of rotatable bonds is 5. The van der Waals surface area contributed by atoms with E-state index in [-0.39, 0.29) is 13.2 Å². The molecule has 2 heterocycles. The first-order valence-corrected chi connectivity index (χ1v) is 8.77. The number of carbonyl (C=O) groups excluding carboxylic acids is 1. The maximum absolute atomic E-state index is 12.3. The highest BCUT2D eigenvalue weighted by atomic mass is 32.1. The number of anilines is 1. The van der Waals surface area contributed by atoms with E-state index in [2.05, 4.69) is 4.98 Å². The summed E-state index contributed by atoms with van der Waals surface area (Å²) in [6.07, 6.45) is 0. The Morgan fingerprint density at radius 3 is 2.69 bits per heavy atom. The van der Waals surface area contributed by atoms with Crippen LogP contribution in [-0.2, 0) is 4.74 Å². The van der Waals surface area contributed by atoms with Crippen LogP contribution in [0, 0.1) is 25.2 Å². The number of pyridine rings is 1. The summed E-state index contributed by atoms with van der Waals surface area (Å²) in [5, 5.41) is 9.56. The molecule has 0 spiro atoms. The molecule has 0 aliphatic rings. The van der Waals surface area contributed by atoms with Crippen molar-refractivity contribution in [2.24, 2.45) is 0 Å². The lowest BCUT2D eigenvalue weighted by Gasteiger charge is -2.07. The van der Waals surface area contributed by atoms with E-state index in [1.54, 1.807) is 24.3 Å². The van der Waals surface area contributed by atoms with Gasteiger partial charge in [0.05, 0.1) is 17.3 Å². The molecule has 2 aromatic heterocycles. The number of hydrogen-bond acceptors (Lipinski definition) is 7. The Balaban J connectivity index is 1.61. The molecule has 3 rings (SSSR count). The lowest BCUT2D eigenvalue weighted by atomic mass is 10.1. The minimum absolute atomic E-state index is 0.0952. The molecular formula is C19H17N3O3S. The van der Waals surface area contributed by atoms with Crippen LogP contribution in [0.25, 0.3) is 10.2 Å². The quantitative estimate of drug-likeness (QED) is 0.546. The van der Waals surface area contributed by atoms with Crippen LogP contribution in [0.3, 0.4) is 0 Å². The van der Waals surface area contributed by atoms with Gasteiger partial charge in [0.2, 0.25) is 0 Å². The molecule has 0 bridgehead atoms. The van der Waals surface area contributed by atoms with Crippen LogP contribution in [0.1, 0.15) is 26.5 Å². The van der Waals surface area contributed by atoms with Gasteiger partial charge in [-0.2, -0.15) is 5.26 Å². The van der Waals surface area contributed by atoms with Crippen LogP contribution in [0.5, 0.6) is 5.75 Å². The number of nitrogen functional groups attached to an aromatic ring is 1. The van der Waals surface area contributed by atoms with Crippen molar-refractivity contribution in [2.75, 3.05) is 18.9 Å². The maximum Gasteiger partial charge on any atom is 0.350 e. The minimum Gasteiger partial charge on any atom is -0.490 e. The standard InChI is InChI=1S/C19H17N3O3S/c1-11-9-12(2)22-18-15(11)16(21)17(26-18)19(23)25-8-7-24-14-5-3-13(10-20)4-6-14/h3-6,9H,7-8,21H2,1-2H3. The average Bonchev–Trinajstić information content (AvgIpc) is 2.95. The number of fused-ring (bicyclic) bond motifs is 1. The van der Waals surface area contributed by atoms with E-state index in [0.29, 0.717) is 21.9 Å². The zero-order valence-corrected chi connectivity index (χ0v) is 15.2. The molecule has 132 valence electrons. The van der Waals surface area contributed by atoms with Crippen LogP contribution >= 0.6 is 11.3 Å². The fraction of sp³-hybridized carbons (Fsp3) is 0.211. The Bertz CT molecular complexity index is 1000. The Kier molecular flexibility index (Phi) is 5.05. The normalized spacial score (nSPS) is 10.5. The number of nitriles is 1. The number of benzene rings is 1. The Morgan fingerprint density at radius 2 is 2.00 bits per heavy atom. The molecule has 6 nitrogen and oxygen atoms in total. The van der Waals surface area contributed by atoms with Crippen molar-refractivity contribution in [3.05, 3.63) is 52.0 Å². The van der Waals surface area contributed by atoms with E-state index in [9.17, 15) is 4.79 Å². The molecule has 3 aromatic rings. The summed E-state index contributed by atoms with van der Waals surface area (Å²) in [4.78, 5) is 17.8. The van der Waals surface area contributed by atoms with Crippen LogP contribution in [0.4, 0.5) is 5.69 Å². The zero-order valence-electron chi connectivity index (χ0n) is 14.4.